The van der Waals surface area contributed by atoms with E-state index in [4.69, 9.17) is 14.6 Å². The number of halogens is 1. The van der Waals surface area contributed by atoms with Crippen LogP contribution >= 0.6 is 0 Å². The van der Waals surface area contributed by atoms with Crippen LogP contribution in [0.15, 0.2) is 18.2 Å². The smallest absolute Gasteiger partial charge is 0.165 e. The molecule has 0 atom stereocenters. The zero-order valence-corrected chi connectivity index (χ0v) is 9.91. The molecule has 1 aliphatic heterocycles. The third-order valence-electron chi connectivity index (χ3n) is 3.19. The Kier molecular flexibility index (Phi) is 3.64. The Morgan fingerprint density at radius 2 is 2.24 bits per heavy atom. The lowest BCUT2D eigenvalue weighted by molar-refractivity contribution is -0.0702. The van der Waals surface area contributed by atoms with Crippen molar-refractivity contribution in [3.63, 3.8) is 0 Å². The highest BCUT2D eigenvalue weighted by atomic mass is 19.1. The first kappa shape index (κ1) is 12.3. The third kappa shape index (κ3) is 2.28. The van der Waals surface area contributed by atoms with Gasteiger partial charge in [0.25, 0.3) is 0 Å². The maximum Gasteiger partial charge on any atom is 0.165 e. The minimum Gasteiger partial charge on any atom is -0.491 e. The second-order valence-electron chi connectivity index (χ2n) is 4.32. The van der Waals surface area contributed by atoms with E-state index >= 15 is 0 Å². The van der Waals surface area contributed by atoms with Gasteiger partial charge >= 0.3 is 0 Å². The largest absolute Gasteiger partial charge is 0.491 e. The van der Waals surface area contributed by atoms with Crippen molar-refractivity contribution >= 4 is 0 Å². The van der Waals surface area contributed by atoms with Crippen LogP contribution in [0.25, 0.3) is 0 Å². The minimum atomic E-state index is -0.353. The molecule has 0 amide bonds. The lowest BCUT2D eigenvalue weighted by Crippen LogP contribution is -2.47. The van der Waals surface area contributed by atoms with Crippen LogP contribution in [0.3, 0.4) is 0 Å². The molecule has 1 N–H and O–H groups in total. The highest BCUT2D eigenvalue weighted by molar-refractivity contribution is 5.35. The molecule has 1 saturated heterocycles. The lowest BCUT2D eigenvalue weighted by atomic mass is 9.76. The molecule has 1 aromatic carbocycles. The van der Waals surface area contributed by atoms with Crippen LogP contribution in [0, 0.1) is 5.82 Å². The summed E-state index contributed by atoms with van der Waals surface area (Å²) in [5.41, 5.74) is 0.652. The Hall–Kier alpha value is -1.13. The van der Waals surface area contributed by atoms with Gasteiger partial charge in [-0.25, -0.2) is 4.39 Å². The average Bonchev–Trinajstić information content (AvgIpc) is 2.27. The summed E-state index contributed by atoms with van der Waals surface area (Å²) >= 11 is 0. The van der Waals surface area contributed by atoms with Crippen LogP contribution < -0.4 is 4.74 Å². The van der Waals surface area contributed by atoms with E-state index in [0.29, 0.717) is 26.2 Å². The number of aliphatic hydroxyl groups excluding tert-OH is 1. The lowest BCUT2D eigenvalue weighted by Gasteiger charge is -2.41. The number of hydrogen-bond acceptors (Lipinski definition) is 3. The van der Waals surface area contributed by atoms with Crippen LogP contribution in [-0.2, 0) is 10.2 Å². The van der Waals surface area contributed by atoms with E-state index in [-0.39, 0.29) is 23.6 Å². The first-order valence-corrected chi connectivity index (χ1v) is 5.83. The fraction of sp³-hybridized carbons (Fsp3) is 0.538. The highest BCUT2D eigenvalue weighted by Crippen LogP contribution is 2.37. The van der Waals surface area contributed by atoms with Crippen molar-refractivity contribution in [1.29, 1.82) is 0 Å². The van der Waals surface area contributed by atoms with Gasteiger partial charge in [-0.05, 0) is 31.0 Å². The molecule has 1 aliphatic rings. The van der Waals surface area contributed by atoms with Crippen LogP contribution in [-0.4, -0.2) is 31.5 Å². The summed E-state index contributed by atoms with van der Waals surface area (Å²) in [4.78, 5) is 0. The number of aliphatic hydroxyl groups is 1. The molecular formula is C13H17FO3. The molecule has 94 valence electrons. The molecule has 0 spiro atoms. The zero-order chi connectivity index (χ0) is 12.3. The molecule has 0 aromatic heterocycles. The summed E-state index contributed by atoms with van der Waals surface area (Å²) in [6.07, 6.45) is 0.598. The van der Waals surface area contributed by atoms with Gasteiger partial charge in [-0.3, -0.25) is 0 Å². The number of benzene rings is 1. The Bertz CT molecular complexity index is 388. The first-order valence-electron chi connectivity index (χ1n) is 5.83. The van der Waals surface area contributed by atoms with E-state index in [1.807, 2.05) is 13.0 Å². The second-order valence-corrected chi connectivity index (χ2v) is 4.32. The molecule has 2 rings (SSSR count). The third-order valence-corrected chi connectivity index (χ3v) is 3.19. The molecule has 17 heavy (non-hydrogen) atoms. The van der Waals surface area contributed by atoms with Gasteiger partial charge in [0.15, 0.2) is 11.6 Å². The van der Waals surface area contributed by atoms with Gasteiger partial charge in [0.05, 0.1) is 19.8 Å². The van der Waals surface area contributed by atoms with E-state index in [0.717, 1.165) is 5.56 Å². The van der Waals surface area contributed by atoms with Gasteiger partial charge in [0, 0.05) is 12.0 Å². The van der Waals surface area contributed by atoms with Crippen molar-refractivity contribution in [2.75, 3.05) is 26.4 Å². The van der Waals surface area contributed by atoms with E-state index in [1.165, 1.54) is 6.07 Å². The predicted molar refractivity (Wildman–Crippen MR) is 61.8 cm³/mol. The van der Waals surface area contributed by atoms with Gasteiger partial charge in [-0.15, -0.1) is 0 Å². The summed E-state index contributed by atoms with van der Waals surface area (Å²) in [6.45, 7) is 3.43. The van der Waals surface area contributed by atoms with Crippen molar-refractivity contribution in [3.8, 4) is 5.75 Å². The van der Waals surface area contributed by atoms with Crippen molar-refractivity contribution in [1.82, 2.24) is 0 Å². The Labute approximate surface area is 100 Å². The van der Waals surface area contributed by atoms with Crippen LogP contribution in [0.1, 0.15) is 18.9 Å². The van der Waals surface area contributed by atoms with E-state index in [2.05, 4.69) is 0 Å². The normalized spacial score (nSPS) is 17.6. The van der Waals surface area contributed by atoms with Crippen LogP contribution in [0.5, 0.6) is 5.75 Å². The molecule has 0 aliphatic carbocycles. The fourth-order valence-corrected chi connectivity index (χ4v) is 2.12. The number of rotatable bonds is 5. The van der Waals surface area contributed by atoms with E-state index in [1.54, 1.807) is 6.07 Å². The zero-order valence-electron chi connectivity index (χ0n) is 9.91. The van der Waals surface area contributed by atoms with Crippen LogP contribution in [0.2, 0.25) is 0 Å². The van der Waals surface area contributed by atoms with Gasteiger partial charge in [0.2, 0.25) is 0 Å². The second kappa shape index (κ2) is 5.02. The Morgan fingerprint density at radius 3 is 2.71 bits per heavy atom. The molecule has 1 heterocycles. The molecule has 4 heteroatoms. The molecule has 1 aromatic rings. The topological polar surface area (TPSA) is 38.7 Å². The Balaban J connectivity index is 2.24. The molecule has 0 saturated carbocycles. The van der Waals surface area contributed by atoms with Crippen molar-refractivity contribution in [3.05, 3.63) is 29.6 Å². The fourth-order valence-electron chi connectivity index (χ4n) is 2.12. The monoisotopic (exact) mass is 240 g/mol. The van der Waals surface area contributed by atoms with Gasteiger partial charge in [-0.1, -0.05) is 6.07 Å². The van der Waals surface area contributed by atoms with Crippen molar-refractivity contribution < 1.29 is 19.0 Å². The van der Waals surface area contributed by atoms with Crippen molar-refractivity contribution in [2.24, 2.45) is 0 Å². The minimum absolute atomic E-state index is 0.0815. The van der Waals surface area contributed by atoms with Crippen molar-refractivity contribution in [2.45, 2.75) is 18.8 Å². The summed E-state index contributed by atoms with van der Waals surface area (Å²) < 4.78 is 24.1. The summed E-state index contributed by atoms with van der Waals surface area (Å²) in [7, 11) is 0. The van der Waals surface area contributed by atoms with E-state index < -0.39 is 0 Å². The Morgan fingerprint density at radius 1 is 1.47 bits per heavy atom. The number of hydrogen-bond donors (Lipinski definition) is 1. The standard InChI is InChI=1S/C13H17FO3/c1-2-17-12-4-3-10(7-11(12)14)13(5-6-15)8-16-9-13/h3-4,7,15H,2,5-6,8-9H2,1H3. The summed E-state index contributed by atoms with van der Waals surface area (Å²) in [5.74, 6) is -0.0794. The van der Waals surface area contributed by atoms with Gasteiger partial charge in [0.1, 0.15) is 0 Å². The van der Waals surface area contributed by atoms with E-state index in [9.17, 15) is 4.39 Å². The molecule has 0 bridgehead atoms. The summed E-state index contributed by atoms with van der Waals surface area (Å²) in [5, 5.41) is 9.06. The van der Waals surface area contributed by atoms with Crippen LogP contribution in [0.4, 0.5) is 4.39 Å². The maximum atomic E-state index is 13.7. The molecular weight excluding hydrogens is 223 g/mol. The first-order chi connectivity index (χ1) is 8.22. The SMILES string of the molecule is CCOc1ccc(C2(CCO)COC2)cc1F. The molecule has 3 nitrogen and oxygen atoms in total. The van der Waals surface area contributed by atoms with Gasteiger partial charge < -0.3 is 14.6 Å². The molecule has 1 fully saturated rings. The number of ether oxygens (including phenoxy) is 2. The average molecular weight is 240 g/mol. The van der Waals surface area contributed by atoms with Gasteiger partial charge in [-0.2, -0.15) is 0 Å². The quantitative estimate of drug-likeness (QED) is 0.854. The maximum absolute atomic E-state index is 13.7. The predicted octanol–water partition coefficient (Wildman–Crippen LogP) is 1.87. The highest BCUT2D eigenvalue weighted by Gasteiger charge is 2.40. The summed E-state index contributed by atoms with van der Waals surface area (Å²) in [6, 6.07) is 4.99. The molecule has 0 radical (unpaired) electrons. The molecule has 0 unspecified atom stereocenters.